The van der Waals surface area contributed by atoms with Crippen molar-refractivity contribution in [3.63, 3.8) is 0 Å². The van der Waals surface area contributed by atoms with Crippen LogP contribution in [-0.4, -0.2) is 42.8 Å². The highest BCUT2D eigenvalue weighted by Gasteiger charge is 2.48. The molecule has 0 bridgehead atoms. The average Bonchev–Trinajstić information content (AvgIpc) is 2.61. The smallest absolute Gasteiger partial charge is 0.0502 e. The van der Waals surface area contributed by atoms with Crippen molar-refractivity contribution < 1.29 is 5.11 Å². The van der Waals surface area contributed by atoms with Crippen LogP contribution in [0.5, 0.6) is 0 Å². The van der Waals surface area contributed by atoms with Crippen LogP contribution in [0.2, 0.25) is 0 Å². The van der Waals surface area contributed by atoms with E-state index in [1.165, 1.54) is 19.3 Å². The molecular formula is C10H20N2O. The van der Waals surface area contributed by atoms with E-state index in [0.29, 0.717) is 6.61 Å². The average molecular weight is 184 g/mol. The van der Waals surface area contributed by atoms with Crippen molar-refractivity contribution in [2.45, 2.75) is 19.3 Å². The zero-order valence-corrected chi connectivity index (χ0v) is 8.21. The molecule has 13 heavy (non-hydrogen) atoms. The molecule has 1 saturated carbocycles. The summed E-state index contributed by atoms with van der Waals surface area (Å²) in [5.74, 6) is 0.740. The highest BCUT2D eigenvalue weighted by molar-refractivity contribution is 5.00. The van der Waals surface area contributed by atoms with E-state index in [9.17, 15) is 5.11 Å². The van der Waals surface area contributed by atoms with Crippen LogP contribution in [0.15, 0.2) is 0 Å². The van der Waals surface area contributed by atoms with Gasteiger partial charge in [-0.05, 0) is 18.8 Å². The van der Waals surface area contributed by atoms with Gasteiger partial charge >= 0.3 is 0 Å². The number of nitrogens with zero attached hydrogens (tertiary/aromatic N) is 1. The van der Waals surface area contributed by atoms with Gasteiger partial charge in [-0.1, -0.05) is 6.42 Å². The molecule has 1 saturated heterocycles. The molecule has 2 rings (SSSR count). The third-order valence-corrected chi connectivity index (χ3v) is 3.87. The van der Waals surface area contributed by atoms with Gasteiger partial charge in [-0.15, -0.1) is 0 Å². The molecule has 76 valence electrons. The minimum atomic E-state index is 0.245. The first-order chi connectivity index (χ1) is 6.30. The molecule has 1 aliphatic heterocycles. The topological polar surface area (TPSA) is 49.5 Å². The summed E-state index contributed by atoms with van der Waals surface area (Å²) in [6.07, 6.45) is 3.83. The van der Waals surface area contributed by atoms with Crippen molar-refractivity contribution in [2.24, 2.45) is 17.1 Å². The van der Waals surface area contributed by atoms with Crippen LogP contribution >= 0.6 is 0 Å². The number of aliphatic hydroxyl groups is 1. The summed E-state index contributed by atoms with van der Waals surface area (Å²) in [4.78, 5) is 2.42. The maximum Gasteiger partial charge on any atom is 0.0502 e. The lowest BCUT2D eigenvalue weighted by Crippen LogP contribution is -2.32. The molecule has 0 aromatic carbocycles. The quantitative estimate of drug-likeness (QED) is 0.651. The Morgan fingerprint density at radius 1 is 1.54 bits per heavy atom. The van der Waals surface area contributed by atoms with Crippen molar-refractivity contribution in [3.05, 3.63) is 0 Å². The molecule has 2 aliphatic rings. The SMILES string of the molecule is NCCN1C[C@H]2CCC[C@@]2(CO)C1. The number of likely N-dealkylation sites (tertiary alicyclic amines) is 1. The second-order valence-corrected chi connectivity index (χ2v) is 4.63. The van der Waals surface area contributed by atoms with Crippen LogP contribution in [0.25, 0.3) is 0 Å². The van der Waals surface area contributed by atoms with Crippen LogP contribution in [0.3, 0.4) is 0 Å². The van der Waals surface area contributed by atoms with Crippen molar-refractivity contribution in [1.82, 2.24) is 4.90 Å². The van der Waals surface area contributed by atoms with Crippen LogP contribution in [0.1, 0.15) is 19.3 Å². The van der Waals surface area contributed by atoms with Crippen molar-refractivity contribution in [3.8, 4) is 0 Å². The van der Waals surface area contributed by atoms with Gasteiger partial charge in [0.25, 0.3) is 0 Å². The van der Waals surface area contributed by atoms with E-state index < -0.39 is 0 Å². The summed E-state index contributed by atoms with van der Waals surface area (Å²) in [5.41, 5.74) is 5.78. The summed E-state index contributed by atoms with van der Waals surface area (Å²) in [6, 6.07) is 0. The van der Waals surface area contributed by atoms with E-state index in [0.717, 1.165) is 32.1 Å². The van der Waals surface area contributed by atoms with E-state index in [1.54, 1.807) is 0 Å². The molecule has 0 amide bonds. The maximum absolute atomic E-state index is 9.46. The normalized spacial score (nSPS) is 39.7. The molecule has 3 nitrogen and oxygen atoms in total. The second-order valence-electron chi connectivity index (χ2n) is 4.63. The fourth-order valence-electron chi connectivity index (χ4n) is 3.14. The minimum Gasteiger partial charge on any atom is -0.396 e. The van der Waals surface area contributed by atoms with Gasteiger partial charge in [0.1, 0.15) is 0 Å². The Morgan fingerprint density at radius 3 is 3.00 bits per heavy atom. The fourth-order valence-corrected chi connectivity index (χ4v) is 3.14. The number of fused-ring (bicyclic) bond motifs is 1. The number of aliphatic hydroxyl groups excluding tert-OH is 1. The lowest BCUT2D eigenvalue weighted by Gasteiger charge is -2.26. The van der Waals surface area contributed by atoms with Gasteiger partial charge in [0, 0.05) is 31.6 Å². The zero-order chi connectivity index (χ0) is 9.31. The zero-order valence-electron chi connectivity index (χ0n) is 8.21. The third-order valence-electron chi connectivity index (χ3n) is 3.87. The summed E-state index contributed by atoms with van der Waals surface area (Å²) < 4.78 is 0. The maximum atomic E-state index is 9.46. The number of hydrogen-bond donors (Lipinski definition) is 2. The molecule has 2 fully saturated rings. The standard InChI is InChI=1S/C10H20N2O/c11-4-5-12-6-9-2-1-3-10(9,7-12)8-13/h9,13H,1-8,11H2/t9-,10+/m1/s1. The lowest BCUT2D eigenvalue weighted by atomic mass is 9.82. The van der Waals surface area contributed by atoms with Crippen molar-refractivity contribution in [1.29, 1.82) is 0 Å². The monoisotopic (exact) mass is 184 g/mol. The van der Waals surface area contributed by atoms with Crippen molar-refractivity contribution in [2.75, 3.05) is 32.8 Å². The van der Waals surface area contributed by atoms with E-state index in [2.05, 4.69) is 4.90 Å². The first kappa shape index (κ1) is 9.44. The number of hydrogen-bond acceptors (Lipinski definition) is 3. The Hall–Kier alpha value is -0.120. The molecule has 0 aromatic rings. The van der Waals surface area contributed by atoms with Gasteiger partial charge in [0.2, 0.25) is 0 Å². The van der Waals surface area contributed by atoms with Crippen LogP contribution in [-0.2, 0) is 0 Å². The Bertz CT molecular complexity index is 186. The number of nitrogens with two attached hydrogens (primary N) is 1. The summed E-state index contributed by atoms with van der Waals surface area (Å²) in [5, 5.41) is 9.46. The molecule has 0 unspecified atom stereocenters. The summed E-state index contributed by atoms with van der Waals surface area (Å²) >= 11 is 0. The first-order valence-corrected chi connectivity index (χ1v) is 5.34. The summed E-state index contributed by atoms with van der Waals surface area (Å²) in [7, 11) is 0. The van der Waals surface area contributed by atoms with Crippen molar-refractivity contribution >= 4 is 0 Å². The Morgan fingerprint density at radius 2 is 2.38 bits per heavy atom. The van der Waals surface area contributed by atoms with Gasteiger partial charge in [-0.25, -0.2) is 0 Å². The molecule has 0 radical (unpaired) electrons. The van der Waals surface area contributed by atoms with Gasteiger partial charge in [0.15, 0.2) is 0 Å². The molecule has 1 heterocycles. The molecule has 0 spiro atoms. The highest BCUT2D eigenvalue weighted by Crippen LogP contribution is 2.47. The van der Waals surface area contributed by atoms with E-state index in [1.807, 2.05) is 0 Å². The Balaban J connectivity index is 2.00. The highest BCUT2D eigenvalue weighted by atomic mass is 16.3. The lowest BCUT2D eigenvalue weighted by molar-refractivity contribution is 0.112. The number of rotatable bonds is 3. The first-order valence-electron chi connectivity index (χ1n) is 5.34. The minimum absolute atomic E-state index is 0.245. The van der Waals surface area contributed by atoms with E-state index in [4.69, 9.17) is 5.73 Å². The van der Waals surface area contributed by atoms with Crippen LogP contribution in [0, 0.1) is 11.3 Å². The van der Waals surface area contributed by atoms with Crippen LogP contribution in [0.4, 0.5) is 0 Å². The summed E-state index contributed by atoms with van der Waals surface area (Å²) in [6.45, 7) is 4.36. The molecule has 3 heteroatoms. The third kappa shape index (κ3) is 1.49. The molecular weight excluding hydrogens is 164 g/mol. The molecule has 1 aliphatic carbocycles. The molecule has 3 N–H and O–H groups in total. The molecule has 0 aromatic heterocycles. The van der Waals surface area contributed by atoms with Gasteiger partial charge in [-0.2, -0.15) is 0 Å². The van der Waals surface area contributed by atoms with E-state index >= 15 is 0 Å². The van der Waals surface area contributed by atoms with E-state index in [-0.39, 0.29) is 5.41 Å². The Labute approximate surface area is 79.9 Å². The van der Waals surface area contributed by atoms with Gasteiger partial charge < -0.3 is 15.7 Å². The predicted octanol–water partition coefficient (Wildman–Crippen LogP) is 0.0395. The second kappa shape index (κ2) is 3.56. The molecule has 2 atom stereocenters. The van der Waals surface area contributed by atoms with Gasteiger partial charge in [0.05, 0.1) is 6.61 Å². The predicted molar refractivity (Wildman–Crippen MR) is 52.4 cm³/mol. The Kier molecular flexibility index (Phi) is 2.58. The van der Waals surface area contributed by atoms with Gasteiger partial charge in [-0.3, -0.25) is 0 Å². The fraction of sp³-hybridized carbons (Fsp3) is 1.00. The largest absolute Gasteiger partial charge is 0.396 e. The van der Waals surface area contributed by atoms with Crippen LogP contribution < -0.4 is 5.73 Å².